The topological polar surface area (TPSA) is 76.2 Å². The molecule has 3 amide bonds. The van der Waals surface area contributed by atoms with Gasteiger partial charge in [0, 0.05) is 6.54 Å². The molecular formula is C31H37F3N2O5. The third kappa shape index (κ3) is 6.68. The molecule has 0 aromatic heterocycles. The minimum Gasteiger partial charge on any atom is -0.456 e. The zero-order valence-corrected chi connectivity index (χ0v) is 24.3. The molecule has 7 nitrogen and oxygen atoms in total. The van der Waals surface area contributed by atoms with Crippen molar-refractivity contribution >= 4 is 23.6 Å². The first-order valence-electron chi connectivity index (χ1n) is 13.7. The van der Waals surface area contributed by atoms with E-state index in [9.17, 15) is 27.6 Å². The Labute approximate surface area is 238 Å². The van der Waals surface area contributed by atoms with Gasteiger partial charge in [0.05, 0.1) is 11.3 Å². The molecule has 1 aliphatic carbocycles. The third-order valence-corrected chi connectivity index (χ3v) is 7.84. The van der Waals surface area contributed by atoms with E-state index in [1.807, 2.05) is 0 Å². The van der Waals surface area contributed by atoms with Gasteiger partial charge in [-0.2, -0.15) is 0 Å². The number of hydrogen-bond donors (Lipinski definition) is 0. The number of esters is 1. The number of anilines is 1. The summed E-state index contributed by atoms with van der Waals surface area (Å²) in [7, 11) is 0. The fourth-order valence-corrected chi connectivity index (χ4v) is 5.67. The van der Waals surface area contributed by atoms with Crippen molar-refractivity contribution in [3.63, 3.8) is 0 Å². The summed E-state index contributed by atoms with van der Waals surface area (Å²) in [6.45, 7) is 12.0. The van der Waals surface area contributed by atoms with Crippen molar-refractivity contribution in [1.29, 1.82) is 0 Å². The van der Waals surface area contributed by atoms with Crippen LogP contribution < -0.4 is 9.64 Å². The molecule has 2 aromatic rings. The molecule has 1 heterocycles. The van der Waals surface area contributed by atoms with Crippen molar-refractivity contribution in [2.24, 2.45) is 11.3 Å². The summed E-state index contributed by atoms with van der Waals surface area (Å²) < 4.78 is 47.3. The Kier molecular flexibility index (Phi) is 7.92. The zero-order valence-electron chi connectivity index (χ0n) is 24.3. The van der Waals surface area contributed by atoms with E-state index in [2.05, 4.69) is 25.5 Å². The fraction of sp³-hybridized carbons (Fsp3) is 0.516. The molecule has 1 aliphatic heterocycles. The minimum atomic E-state index is -4.85. The van der Waals surface area contributed by atoms with Crippen molar-refractivity contribution in [3.05, 3.63) is 59.7 Å². The van der Waals surface area contributed by atoms with Crippen LogP contribution >= 0.6 is 0 Å². The van der Waals surface area contributed by atoms with Crippen molar-refractivity contribution in [1.82, 2.24) is 4.90 Å². The molecule has 0 N–H and O–H groups in total. The van der Waals surface area contributed by atoms with Crippen LogP contribution in [0.25, 0.3) is 0 Å². The highest BCUT2D eigenvalue weighted by Gasteiger charge is 2.59. The maximum atomic E-state index is 14.0. The van der Waals surface area contributed by atoms with Crippen LogP contribution in [0.4, 0.5) is 23.7 Å². The number of urea groups is 1. The summed E-state index contributed by atoms with van der Waals surface area (Å²) in [5.74, 6) is -0.913. The molecule has 2 aromatic carbocycles. The largest absolute Gasteiger partial charge is 0.573 e. The second-order valence-electron chi connectivity index (χ2n) is 12.9. The van der Waals surface area contributed by atoms with E-state index in [1.165, 1.54) is 12.1 Å². The maximum absolute atomic E-state index is 14.0. The van der Waals surface area contributed by atoms with Crippen LogP contribution in [0.3, 0.4) is 0 Å². The summed E-state index contributed by atoms with van der Waals surface area (Å²) in [4.78, 5) is 43.0. The number of carbonyl (C=O) groups excluding carboxylic acids is 3. The molecule has 1 spiro atoms. The summed E-state index contributed by atoms with van der Waals surface area (Å²) in [6, 6.07) is 10.9. The zero-order chi connectivity index (χ0) is 30.4. The highest BCUT2D eigenvalue weighted by atomic mass is 19.4. The van der Waals surface area contributed by atoms with E-state index >= 15 is 0 Å². The number of amides is 3. The molecule has 2 aliphatic rings. The third-order valence-electron chi connectivity index (χ3n) is 7.84. The van der Waals surface area contributed by atoms with Crippen LogP contribution in [0.5, 0.6) is 5.75 Å². The Morgan fingerprint density at radius 1 is 0.902 bits per heavy atom. The van der Waals surface area contributed by atoms with Gasteiger partial charge < -0.3 is 14.4 Å². The molecule has 1 saturated heterocycles. The average molecular weight is 575 g/mol. The minimum absolute atomic E-state index is 0.0452. The number of rotatable bonds is 5. The predicted octanol–water partition coefficient (Wildman–Crippen LogP) is 7.48. The van der Waals surface area contributed by atoms with Crippen molar-refractivity contribution in [2.75, 3.05) is 4.90 Å². The number of imide groups is 1. The molecular weight excluding hydrogens is 537 g/mol. The van der Waals surface area contributed by atoms with E-state index < -0.39 is 35.3 Å². The summed E-state index contributed by atoms with van der Waals surface area (Å²) >= 11 is 0. The molecule has 0 bridgehead atoms. The number of ether oxygens (including phenoxy) is 2. The summed E-state index contributed by atoms with van der Waals surface area (Å²) in [6.07, 6.45) is -2.40. The SMILES string of the molecule is CC(C)(C)OC(=O)c1ccc(CN2C(=O)N(c3ccc(OC(F)(F)F)cc3)C(=O)[C@]23CC[C@@H](C(C)(C)C)CC3)cc1. The highest BCUT2D eigenvalue weighted by Crippen LogP contribution is 2.48. The number of halogens is 3. The Hall–Kier alpha value is -3.56. The van der Waals surface area contributed by atoms with Gasteiger partial charge in [0.15, 0.2) is 0 Å². The smallest absolute Gasteiger partial charge is 0.456 e. The molecule has 1 saturated carbocycles. The number of nitrogens with zero attached hydrogens (tertiary/aromatic N) is 2. The van der Waals surface area contributed by atoms with Crippen LogP contribution in [0, 0.1) is 11.3 Å². The van der Waals surface area contributed by atoms with Gasteiger partial charge in [-0.25, -0.2) is 14.5 Å². The van der Waals surface area contributed by atoms with Gasteiger partial charge in [0.25, 0.3) is 5.91 Å². The van der Waals surface area contributed by atoms with Crippen LogP contribution in [-0.4, -0.2) is 40.3 Å². The maximum Gasteiger partial charge on any atom is 0.573 e. The quantitative estimate of drug-likeness (QED) is 0.273. The van der Waals surface area contributed by atoms with Gasteiger partial charge in [0.2, 0.25) is 0 Å². The van der Waals surface area contributed by atoms with Gasteiger partial charge in [-0.1, -0.05) is 32.9 Å². The van der Waals surface area contributed by atoms with E-state index in [4.69, 9.17) is 4.74 Å². The van der Waals surface area contributed by atoms with Gasteiger partial charge in [-0.3, -0.25) is 4.79 Å². The second kappa shape index (κ2) is 10.7. The van der Waals surface area contributed by atoms with Crippen molar-refractivity contribution in [2.45, 2.75) is 91.3 Å². The lowest BCUT2D eigenvalue weighted by molar-refractivity contribution is -0.274. The lowest BCUT2D eigenvalue weighted by atomic mass is 9.67. The average Bonchev–Trinajstić information content (AvgIpc) is 3.04. The summed E-state index contributed by atoms with van der Waals surface area (Å²) in [5, 5.41) is 0. The number of benzene rings is 2. The molecule has 0 unspecified atom stereocenters. The predicted molar refractivity (Wildman–Crippen MR) is 147 cm³/mol. The van der Waals surface area contributed by atoms with Gasteiger partial charge in [-0.15, -0.1) is 13.2 Å². The highest BCUT2D eigenvalue weighted by molar-refractivity contribution is 6.23. The van der Waals surface area contributed by atoms with E-state index in [1.54, 1.807) is 49.9 Å². The van der Waals surface area contributed by atoms with Crippen molar-refractivity contribution < 1.29 is 37.0 Å². The molecule has 41 heavy (non-hydrogen) atoms. The lowest BCUT2D eigenvalue weighted by Gasteiger charge is -2.44. The van der Waals surface area contributed by atoms with Crippen LogP contribution in [0.2, 0.25) is 0 Å². The Balaban J connectivity index is 1.63. The van der Waals surface area contributed by atoms with Gasteiger partial charge in [0.1, 0.15) is 16.9 Å². The van der Waals surface area contributed by atoms with Gasteiger partial charge in [-0.05, 0) is 99.7 Å². The van der Waals surface area contributed by atoms with Crippen LogP contribution in [-0.2, 0) is 16.1 Å². The molecule has 0 radical (unpaired) electrons. The Bertz CT molecular complexity index is 1280. The molecule has 0 atom stereocenters. The second-order valence-corrected chi connectivity index (χ2v) is 12.9. The summed E-state index contributed by atoms with van der Waals surface area (Å²) in [5.41, 5.74) is -0.401. The van der Waals surface area contributed by atoms with Crippen LogP contribution in [0.1, 0.15) is 83.1 Å². The van der Waals surface area contributed by atoms with Crippen molar-refractivity contribution in [3.8, 4) is 5.75 Å². The van der Waals surface area contributed by atoms with Gasteiger partial charge >= 0.3 is 18.4 Å². The molecule has 2 fully saturated rings. The van der Waals surface area contributed by atoms with E-state index in [-0.39, 0.29) is 23.6 Å². The van der Waals surface area contributed by atoms with E-state index in [0.717, 1.165) is 35.4 Å². The number of hydrogen-bond acceptors (Lipinski definition) is 5. The first-order chi connectivity index (χ1) is 18.9. The fourth-order valence-electron chi connectivity index (χ4n) is 5.67. The Morgan fingerprint density at radius 3 is 1.95 bits per heavy atom. The first-order valence-corrected chi connectivity index (χ1v) is 13.7. The number of alkyl halides is 3. The first kappa shape index (κ1) is 30.4. The lowest BCUT2D eigenvalue weighted by Crippen LogP contribution is -2.52. The Morgan fingerprint density at radius 2 is 1.46 bits per heavy atom. The standard InChI is InChI=1S/C31H37F3N2O5/c1-28(2,3)22-15-17-30(18-16-22)26(38)36(23-11-13-24(14-12-23)40-31(32,33)34)27(39)35(30)19-20-7-9-21(10-8-20)25(37)41-29(4,5)6/h7-14,22H,15-19H2,1-6H3/t22-,30-. The van der Waals surface area contributed by atoms with E-state index in [0.29, 0.717) is 24.3 Å². The molecule has 10 heteroatoms. The molecule has 222 valence electrons. The molecule has 4 rings (SSSR count). The normalized spacial score (nSPS) is 21.9. The number of carbonyl (C=O) groups is 3. The van der Waals surface area contributed by atoms with Crippen LogP contribution in [0.15, 0.2) is 48.5 Å². The monoisotopic (exact) mass is 574 g/mol.